The molecule has 0 N–H and O–H groups in total. The highest BCUT2D eigenvalue weighted by Crippen LogP contribution is 2.39. The van der Waals surface area contributed by atoms with E-state index in [9.17, 15) is 5.26 Å². The first-order valence-corrected chi connectivity index (χ1v) is 12.5. The van der Waals surface area contributed by atoms with E-state index in [0.717, 1.165) is 63.5 Å². The van der Waals surface area contributed by atoms with E-state index in [1.165, 1.54) is 0 Å². The number of aryl methyl sites for hydroxylation is 2. The normalized spacial score (nSPS) is 15.5. The molecule has 3 heterocycles. The van der Waals surface area contributed by atoms with Crippen LogP contribution in [-0.2, 0) is 12.0 Å². The minimum atomic E-state index is -0.560. The van der Waals surface area contributed by atoms with Crippen molar-refractivity contribution in [3.63, 3.8) is 0 Å². The van der Waals surface area contributed by atoms with Crippen molar-refractivity contribution < 1.29 is 4.74 Å². The molecule has 0 aliphatic carbocycles. The van der Waals surface area contributed by atoms with E-state index < -0.39 is 5.41 Å². The first kappa shape index (κ1) is 23.3. The second-order valence-corrected chi connectivity index (χ2v) is 10.3. The molecule has 7 nitrogen and oxygen atoms in total. The number of nitriles is 1. The van der Waals surface area contributed by atoms with Crippen LogP contribution in [-0.4, -0.2) is 31.4 Å². The van der Waals surface area contributed by atoms with Crippen LogP contribution in [0.2, 0.25) is 0 Å². The van der Waals surface area contributed by atoms with Gasteiger partial charge >= 0.3 is 0 Å². The number of benzene rings is 2. The standard InChI is InChI=1S/C27H27BrN6O/c1-17-14-33(16-30-17)23-10-7-18(12-24(23)35-4)25-31-26-20(6-5-11-34(26)32-25)21-13-19(8-9-22(21)28)27(2,3)15-29/h7-10,12-14,16,20H,5-6,11H2,1-4H3/t20-/m0/s1. The maximum Gasteiger partial charge on any atom is 0.181 e. The molecular formula is C27H27BrN6O. The molecule has 0 spiro atoms. The van der Waals surface area contributed by atoms with Crippen molar-refractivity contribution >= 4 is 15.9 Å². The summed E-state index contributed by atoms with van der Waals surface area (Å²) in [5.41, 5.74) is 4.36. The number of halogens is 1. The van der Waals surface area contributed by atoms with Gasteiger partial charge in [-0.1, -0.05) is 28.1 Å². The Balaban J connectivity index is 1.54. The van der Waals surface area contributed by atoms with Crippen LogP contribution in [0.3, 0.4) is 0 Å². The van der Waals surface area contributed by atoms with Crippen LogP contribution in [0, 0.1) is 18.3 Å². The monoisotopic (exact) mass is 530 g/mol. The lowest BCUT2D eigenvalue weighted by Crippen LogP contribution is -2.20. The van der Waals surface area contributed by atoms with Gasteiger partial charge in [0.1, 0.15) is 11.6 Å². The molecule has 4 aromatic rings. The Labute approximate surface area is 213 Å². The van der Waals surface area contributed by atoms with Gasteiger partial charge in [-0.15, -0.1) is 0 Å². The number of hydrogen-bond donors (Lipinski definition) is 0. The van der Waals surface area contributed by atoms with Gasteiger partial charge in [-0.25, -0.2) is 14.6 Å². The number of rotatable bonds is 5. The summed E-state index contributed by atoms with van der Waals surface area (Å²) in [5.74, 6) is 2.47. The van der Waals surface area contributed by atoms with E-state index >= 15 is 0 Å². The molecule has 1 atom stereocenters. The maximum absolute atomic E-state index is 9.64. The van der Waals surface area contributed by atoms with Crippen molar-refractivity contribution in [2.45, 2.75) is 51.5 Å². The Morgan fingerprint density at radius 2 is 2.03 bits per heavy atom. The smallest absolute Gasteiger partial charge is 0.181 e. The van der Waals surface area contributed by atoms with Gasteiger partial charge in [0.25, 0.3) is 0 Å². The first-order chi connectivity index (χ1) is 16.8. The van der Waals surface area contributed by atoms with Crippen LogP contribution >= 0.6 is 15.9 Å². The van der Waals surface area contributed by atoms with Crippen LogP contribution in [0.15, 0.2) is 53.4 Å². The Morgan fingerprint density at radius 1 is 1.20 bits per heavy atom. The maximum atomic E-state index is 9.64. The number of ether oxygens (including phenoxy) is 1. The fraction of sp³-hybridized carbons (Fsp3) is 0.333. The first-order valence-electron chi connectivity index (χ1n) is 11.7. The lowest BCUT2D eigenvalue weighted by molar-refractivity contribution is 0.413. The van der Waals surface area contributed by atoms with Crippen molar-refractivity contribution in [2.75, 3.05) is 7.11 Å². The average molecular weight is 531 g/mol. The molecule has 2 aromatic heterocycles. The fourth-order valence-corrected chi connectivity index (χ4v) is 5.14. The van der Waals surface area contributed by atoms with E-state index in [0.29, 0.717) is 5.82 Å². The largest absolute Gasteiger partial charge is 0.495 e. The second kappa shape index (κ2) is 8.97. The molecule has 5 rings (SSSR count). The Morgan fingerprint density at radius 3 is 2.74 bits per heavy atom. The summed E-state index contributed by atoms with van der Waals surface area (Å²) in [6.45, 7) is 6.69. The van der Waals surface area contributed by atoms with Crippen LogP contribution in [0.5, 0.6) is 5.75 Å². The predicted octanol–water partition coefficient (Wildman–Crippen LogP) is 5.94. The molecule has 35 heavy (non-hydrogen) atoms. The minimum absolute atomic E-state index is 0.101. The molecule has 2 aromatic carbocycles. The number of nitrogens with zero attached hydrogens (tertiary/aromatic N) is 6. The zero-order chi connectivity index (χ0) is 24.7. The highest BCUT2D eigenvalue weighted by molar-refractivity contribution is 9.10. The summed E-state index contributed by atoms with van der Waals surface area (Å²) in [6, 6.07) is 14.6. The van der Waals surface area contributed by atoms with Gasteiger partial charge in [-0.05, 0) is 69.0 Å². The lowest BCUT2D eigenvalue weighted by Gasteiger charge is -2.25. The molecule has 178 valence electrons. The van der Waals surface area contributed by atoms with Gasteiger partial charge < -0.3 is 9.30 Å². The minimum Gasteiger partial charge on any atom is -0.495 e. The molecule has 1 aliphatic rings. The summed E-state index contributed by atoms with van der Waals surface area (Å²) < 4.78 is 10.7. The number of methoxy groups -OCH3 is 1. The zero-order valence-electron chi connectivity index (χ0n) is 20.3. The summed E-state index contributed by atoms with van der Waals surface area (Å²) in [5, 5.41) is 14.5. The van der Waals surface area contributed by atoms with E-state index in [-0.39, 0.29) is 5.92 Å². The van der Waals surface area contributed by atoms with Gasteiger partial charge in [0.2, 0.25) is 0 Å². The Bertz CT molecular complexity index is 1440. The van der Waals surface area contributed by atoms with Crippen LogP contribution in [0.4, 0.5) is 0 Å². The molecule has 0 amide bonds. The summed E-state index contributed by atoms with van der Waals surface area (Å²) in [7, 11) is 1.67. The third-order valence-electron chi connectivity index (χ3n) is 6.68. The SMILES string of the molecule is COc1cc(-c2nc3n(n2)CCC[C@H]3c2cc(C(C)(C)C#N)ccc2Br)ccc1-n1cnc(C)c1. The summed E-state index contributed by atoms with van der Waals surface area (Å²) in [4.78, 5) is 9.33. The van der Waals surface area contributed by atoms with Crippen LogP contribution in [0.1, 0.15) is 55.3 Å². The van der Waals surface area contributed by atoms with Gasteiger partial charge in [0, 0.05) is 28.7 Å². The molecular weight excluding hydrogens is 504 g/mol. The van der Waals surface area contributed by atoms with Gasteiger partial charge in [-0.2, -0.15) is 10.4 Å². The highest BCUT2D eigenvalue weighted by Gasteiger charge is 2.30. The molecule has 1 aliphatic heterocycles. The average Bonchev–Trinajstić information content (AvgIpc) is 3.50. The Hall–Kier alpha value is -3.44. The quantitative estimate of drug-likeness (QED) is 0.319. The number of fused-ring (bicyclic) bond motifs is 1. The van der Waals surface area contributed by atoms with Crippen LogP contribution in [0.25, 0.3) is 17.1 Å². The van der Waals surface area contributed by atoms with E-state index in [1.807, 2.05) is 66.5 Å². The predicted molar refractivity (Wildman–Crippen MR) is 138 cm³/mol. The van der Waals surface area contributed by atoms with E-state index in [1.54, 1.807) is 13.4 Å². The Kier molecular flexibility index (Phi) is 5.97. The summed E-state index contributed by atoms with van der Waals surface area (Å²) >= 11 is 3.74. The van der Waals surface area contributed by atoms with Gasteiger partial charge in [0.05, 0.1) is 36.3 Å². The summed E-state index contributed by atoms with van der Waals surface area (Å²) in [6.07, 6.45) is 5.75. The third-order valence-corrected chi connectivity index (χ3v) is 7.40. The molecule has 8 heteroatoms. The van der Waals surface area contributed by atoms with Crippen molar-refractivity contribution in [3.05, 3.63) is 76.0 Å². The fourth-order valence-electron chi connectivity index (χ4n) is 4.61. The lowest BCUT2D eigenvalue weighted by atomic mass is 9.82. The molecule has 0 radical (unpaired) electrons. The van der Waals surface area contributed by atoms with Crippen molar-refractivity contribution in [1.29, 1.82) is 5.26 Å². The van der Waals surface area contributed by atoms with Gasteiger partial charge in [0.15, 0.2) is 5.82 Å². The van der Waals surface area contributed by atoms with Crippen molar-refractivity contribution in [3.8, 4) is 28.9 Å². The van der Waals surface area contributed by atoms with Crippen LogP contribution < -0.4 is 4.74 Å². The zero-order valence-corrected chi connectivity index (χ0v) is 21.9. The van der Waals surface area contributed by atoms with E-state index in [2.05, 4.69) is 33.0 Å². The van der Waals surface area contributed by atoms with Crippen molar-refractivity contribution in [1.82, 2.24) is 24.3 Å². The van der Waals surface area contributed by atoms with E-state index in [4.69, 9.17) is 14.8 Å². The molecule has 0 fully saturated rings. The second-order valence-electron chi connectivity index (χ2n) is 9.49. The van der Waals surface area contributed by atoms with Crippen molar-refractivity contribution in [2.24, 2.45) is 0 Å². The molecule has 0 unspecified atom stereocenters. The molecule has 0 saturated carbocycles. The molecule has 0 saturated heterocycles. The highest BCUT2D eigenvalue weighted by atomic mass is 79.9. The third kappa shape index (κ3) is 4.25. The number of aromatic nitrogens is 5. The molecule has 0 bridgehead atoms. The topological polar surface area (TPSA) is 81.5 Å². The number of imidazole rings is 1. The van der Waals surface area contributed by atoms with Gasteiger partial charge in [-0.3, -0.25) is 0 Å². The number of hydrogen-bond acceptors (Lipinski definition) is 5.